The summed E-state index contributed by atoms with van der Waals surface area (Å²) in [6.07, 6.45) is 2.14. The molecule has 0 radical (unpaired) electrons. The number of aromatic nitrogens is 3. The van der Waals surface area contributed by atoms with Gasteiger partial charge in [0.2, 0.25) is 5.16 Å². The average Bonchev–Trinajstić information content (AvgIpc) is 3.42. The molecule has 0 aliphatic heterocycles. The third-order valence-corrected chi connectivity index (χ3v) is 4.95. The van der Waals surface area contributed by atoms with Crippen LogP contribution in [0, 0.1) is 21.4 Å². The summed E-state index contributed by atoms with van der Waals surface area (Å²) in [7, 11) is 0. The second-order valence-electron chi connectivity index (χ2n) is 5.93. The summed E-state index contributed by atoms with van der Waals surface area (Å²) < 4.78 is 1.81. The molecule has 1 aliphatic rings. The van der Waals surface area contributed by atoms with Crippen molar-refractivity contribution in [1.29, 1.82) is 5.26 Å². The highest BCUT2D eigenvalue weighted by Crippen LogP contribution is 2.41. The van der Waals surface area contributed by atoms with Crippen molar-refractivity contribution >= 4 is 17.4 Å². The van der Waals surface area contributed by atoms with Gasteiger partial charge in [-0.1, -0.05) is 18.2 Å². The van der Waals surface area contributed by atoms with Crippen molar-refractivity contribution in [3.05, 3.63) is 70.0 Å². The van der Waals surface area contributed by atoms with Crippen LogP contribution in [0.5, 0.6) is 0 Å². The normalized spacial score (nSPS) is 13.3. The predicted octanol–water partition coefficient (Wildman–Crippen LogP) is 4.08. The average molecular weight is 363 g/mol. The SMILES string of the molecule is N#Cc1ccc([N+](=O)[O-])c(Sc2nc(C3CC3)n(-c3ccccc3)n2)c1. The molecule has 128 valence electrons. The first kappa shape index (κ1) is 16.3. The molecule has 4 rings (SSSR count). The molecule has 1 aromatic heterocycles. The first-order chi connectivity index (χ1) is 12.7. The van der Waals surface area contributed by atoms with Gasteiger partial charge >= 0.3 is 0 Å². The summed E-state index contributed by atoms with van der Waals surface area (Å²) >= 11 is 1.11. The van der Waals surface area contributed by atoms with Gasteiger partial charge < -0.3 is 0 Å². The zero-order valence-corrected chi connectivity index (χ0v) is 14.4. The van der Waals surface area contributed by atoms with Crippen molar-refractivity contribution in [2.24, 2.45) is 0 Å². The van der Waals surface area contributed by atoms with E-state index in [2.05, 4.69) is 10.1 Å². The number of benzene rings is 2. The maximum Gasteiger partial charge on any atom is 0.283 e. The molecule has 0 spiro atoms. The summed E-state index contributed by atoms with van der Waals surface area (Å²) in [6, 6.07) is 16.0. The van der Waals surface area contributed by atoms with Gasteiger partial charge in [0.25, 0.3) is 5.69 Å². The van der Waals surface area contributed by atoms with Crippen molar-refractivity contribution in [3.63, 3.8) is 0 Å². The van der Waals surface area contributed by atoms with Gasteiger partial charge in [-0.3, -0.25) is 10.1 Å². The van der Waals surface area contributed by atoms with Gasteiger partial charge in [-0.25, -0.2) is 9.67 Å². The predicted molar refractivity (Wildman–Crippen MR) is 95.3 cm³/mol. The van der Waals surface area contributed by atoms with Crippen LogP contribution >= 0.6 is 11.8 Å². The van der Waals surface area contributed by atoms with Crippen LogP contribution in [-0.4, -0.2) is 19.7 Å². The Morgan fingerprint density at radius 3 is 2.65 bits per heavy atom. The first-order valence-electron chi connectivity index (χ1n) is 8.04. The Bertz CT molecular complexity index is 1020. The quantitative estimate of drug-likeness (QED) is 0.500. The van der Waals surface area contributed by atoms with Crippen LogP contribution in [0.25, 0.3) is 5.69 Å². The maximum absolute atomic E-state index is 11.3. The van der Waals surface area contributed by atoms with E-state index in [1.165, 1.54) is 18.2 Å². The lowest BCUT2D eigenvalue weighted by Gasteiger charge is -2.03. The molecule has 2 aromatic carbocycles. The van der Waals surface area contributed by atoms with Crippen LogP contribution in [0.4, 0.5) is 5.69 Å². The highest BCUT2D eigenvalue weighted by Gasteiger charge is 2.31. The lowest BCUT2D eigenvalue weighted by Crippen LogP contribution is -2.01. The lowest BCUT2D eigenvalue weighted by molar-refractivity contribution is -0.387. The molecule has 0 unspecified atom stereocenters. The molecule has 26 heavy (non-hydrogen) atoms. The molecule has 1 aliphatic carbocycles. The lowest BCUT2D eigenvalue weighted by atomic mass is 10.2. The van der Waals surface area contributed by atoms with Gasteiger partial charge in [-0.05, 0) is 48.9 Å². The molecule has 0 amide bonds. The topological polar surface area (TPSA) is 97.6 Å². The highest BCUT2D eigenvalue weighted by atomic mass is 32.2. The van der Waals surface area contributed by atoms with Gasteiger partial charge in [0.15, 0.2) is 0 Å². The fourth-order valence-electron chi connectivity index (χ4n) is 2.63. The van der Waals surface area contributed by atoms with E-state index in [9.17, 15) is 10.1 Å². The monoisotopic (exact) mass is 363 g/mol. The van der Waals surface area contributed by atoms with Gasteiger partial charge in [0.1, 0.15) is 5.82 Å². The van der Waals surface area contributed by atoms with E-state index < -0.39 is 4.92 Å². The highest BCUT2D eigenvalue weighted by molar-refractivity contribution is 7.99. The molecular formula is C18H13N5O2S. The summed E-state index contributed by atoms with van der Waals surface area (Å²) in [5.74, 6) is 1.25. The number of nitrogens with zero attached hydrogens (tertiary/aromatic N) is 5. The van der Waals surface area contributed by atoms with Crippen molar-refractivity contribution in [2.75, 3.05) is 0 Å². The molecule has 0 atom stereocenters. The van der Waals surface area contributed by atoms with Gasteiger partial charge in [-0.15, -0.1) is 5.10 Å². The van der Waals surface area contributed by atoms with E-state index in [4.69, 9.17) is 5.26 Å². The van der Waals surface area contributed by atoms with E-state index in [1.807, 2.05) is 36.4 Å². The molecule has 1 heterocycles. The number of nitro benzene ring substituents is 1. The molecular weight excluding hydrogens is 350 g/mol. The minimum Gasteiger partial charge on any atom is -0.258 e. The Kier molecular flexibility index (Phi) is 4.14. The third-order valence-electron chi connectivity index (χ3n) is 4.04. The third kappa shape index (κ3) is 3.17. The molecule has 1 saturated carbocycles. The maximum atomic E-state index is 11.3. The van der Waals surface area contributed by atoms with Crippen molar-refractivity contribution in [1.82, 2.24) is 14.8 Å². The van der Waals surface area contributed by atoms with Gasteiger partial charge in [0, 0.05) is 12.0 Å². The second-order valence-corrected chi connectivity index (χ2v) is 6.94. The largest absolute Gasteiger partial charge is 0.283 e. The minimum atomic E-state index is -0.459. The van der Waals surface area contributed by atoms with Crippen LogP contribution < -0.4 is 0 Å². The van der Waals surface area contributed by atoms with Gasteiger partial charge in [-0.2, -0.15) is 5.26 Å². The minimum absolute atomic E-state index is 0.0574. The zero-order chi connectivity index (χ0) is 18.1. The number of hydrogen-bond donors (Lipinski definition) is 0. The summed E-state index contributed by atoms with van der Waals surface area (Å²) in [5.41, 5.74) is 1.22. The van der Waals surface area contributed by atoms with E-state index in [1.54, 1.807) is 4.68 Å². The van der Waals surface area contributed by atoms with E-state index in [0.29, 0.717) is 21.5 Å². The molecule has 0 saturated heterocycles. The Hall–Kier alpha value is -3.18. The van der Waals surface area contributed by atoms with E-state index in [0.717, 1.165) is 36.1 Å². The number of rotatable bonds is 5. The first-order valence-corrected chi connectivity index (χ1v) is 8.86. The number of para-hydroxylation sites is 1. The molecule has 0 bridgehead atoms. The fourth-order valence-corrected chi connectivity index (χ4v) is 3.52. The van der Waals surface area contributed by atoms with Crippen molar-refractivity contribution < 1.29 is 4.92 Å². The van der Waals surface area contributed by atoms with Crippen molar-refractivity contribution in [3.8, 4) is 11.8 Å². The van der Waals surface area contributed by atoms with Crippen LogP contribution in [0.15, 0.2) is 58.6 Å². The summed E-state index contributed by atoms with van der Waals surface area (Å²) in [5, 5.41) is 25.4. The Labute approximate surface area is 153 Å². The Morgan fingerprint density at radius 1 is 1.23 bits per heavy atom. The number of nitro groups is 1. The van der Waals surface area contributed by atoms with Gasteiger partial charge in [0.05, 0.1) is 27.1 Å². The molecule has 1 fully saturated rings. The smallest absolute Gasteiger partial charge is 0.258 e. The van der Waals surface area contributed by atoms with Crippen LogP contribution in [-0.2, 0) is 0 Å². The molecule has 7 nitrogen and oxygen atoms in total. The Morgan fingerprint density at radius 2 is 2.00 bits per heavy atom. The standard InChI is InChI=1S/C18H13N5O2S/c19-11-12-6-9-15(23(24)25)16(10-12)26-18-20-17(13-7-8-13)22(21-18)14-4-2-1-3-5-14/h1-6,9-10,13H,7-8H2. The summed E-state index contributed by atoms with van der Waals surface area (Å²) in [4.78, 5) is 15.8. The second kappa shape index (κ2) is 6.61. The van der Waals surface area contributed by atoms with Crippen LogP contribution in [0.1, 0.15) is 30.1 Å². The van der Waals surface area contributed by atoms with E-state index in [-0.39, 0.29) is 5.69 Å². The zero-order valence-electron chi connectivity index (χ0n) is 13.6. The fraction of sp³-hybridized carbons (Fsp3) is 0.167. The van der Waals surface area contributed by atoms with Crippen LogP contribution in [0.3, 0.4) is 0 Å². The molecule has 0 N–H and O–H groups in total. The Balaban J connectivity index is 1.74. The van der Waals surface area contributed by atoms with Crippen LogP contribution in [0.2, 0.25) is 0 Å². The van der Waals surface area contributed by atoms with E-state index >= 15 is 0 Å². The van der Waals surface area contributed by atoms with Crippen molar-refractivity contribution in [2.45, 2.75) is 28.8 Å². The molecule has 8 heteroatoms. The molecule has 3 aromatic rings. The number of hydrogen-bond acceptors (Lipinski definition) is 6. The summed E-state index contributed by atoms with van der Waals surface area (Å²) in [6.45, 7) is 0. The number of nitriles is 1.